The van der Waals surface area contributed by atoms with Crippen LogP contribution in [0.1, 0.15) is 27.3 Å². The van der Waals surface area contributed by atoms with E-state index in [1.165, 1.54) is 11.3 Å². The summed E-state index contributed by atoms with van der Waals surface area (Å²) in [6, 6.07) is 10.6. The molecule has 3 rings (SSSR count). The molecule has 1 aromatic carbocycles. The summed E-state index contributed by atoms with van der Waals surface area (Å²) >= 11 is 0. The summed E-state index contributed by atoms with van der Waals surface area (Å²) in [5, 5.41) is 0. The fraction of sp³-hybridized carbons (Fsp3) is 0.421. The highest BCUT2D eigenvalue weighted by molar-refractivity contribution is 5.95. The highest BCUT2D eigenvalue weighted by Gasteiger charge is 2.24. The summed E-state index contributed by atoms with van der Waals surface area (Å²) in [6.45, 7) is 9.51. The van der Waals surface area contributed by atoms with Crippen molar-refractivity contribution in [3.8, 4) is 0 Å². The van der Waals surface area contributed by atoms with E-state index < -0.39 is 0 Å². The van der Waals surface area contributed by atoms with Gasteiger partial charge in [-0.3, -0.25) is 4.79 Å². The number of anilines is 1. The zero-order valence-corrected chi connectivity index (χ0v) is 14.5. The molecule has 0 saturated carbocycles. The number of amides is 1. The molecule has 1 amide bonds. The molecular weight excluding hydrogens is 286 g/mol. The van der Waals surface area contributed by atoms with Crippen molar-refractivity contribution >= 4 is 11.6 Å². The van der Waals surface area contributed by atoms with Crippen LogP contribution >= 0.6 is 0 Å². The van der Waals surface area contributed by atoms with Crippen LogP contribution < -0.4 is 4.90 Å². The van der Waals surface area contributed by atoms with Crippen LogP contribution in [0.5, 0.6) is 0 Å². The Morgan fingerprint density at radius 2 is 1.70 bits per heavy atom. The average Bonchev–Trinajstić information content (AvgIpc) is 2.82. The molecule has 122 valence electrons. The lowest BCUT2D eigenvalue weighted by molar-refractivity contribution is 0.0746. The zero-order chi connectivity index (χ0) is 16.6. The zero-order valence-electron chi connectivity index (χ0n) is 14.5. The molecule has 0 bridgehead atoms. The first-order valence-electron chi connectivity index (χ1n) is 8.21. The first-order valence-corrected chi connectivity index (χ1v) is 8.21. The van der Waals surface area contributed by atoms with Crippen LogP contribution in [0, 0.1) is 20.8 Å². The standard InChI is InChI=1S/C19H25N3O/c1-14-6-5-7-17(12-14)21-8-10-22(11-9-21)19(23)18-13-15(2)20(4)16(18)3/h5-7,12-13H,8-11H2,1-4H3. The number of nitrogens with zero attached hydrogens (tertiary/aromatic N) is 3. The highest BCUT2D eigenvalue weighted by Crippen LogP contribution is 2.20. The maximum Gasteiger partial charge on any atom is 0.255 e. The van der Waals surface area contributed by atoms with Gasteiger partial charge in [0, 0.05) is 50.3 Å². The van der Waals surface area contributed by atoms with Gasteiger partial charge >= 0.3 is 0 Å². The van der Waals surface area contributed by atoms with Gasteiger partial charge in [0.1, 0.15) is 0 Å². The molecule has 1 saturated heterocycles. The Kier molecular flexibility index (Phi) is 4.16. The topological polar surface area (TPSA) is 28.5 Å². The second-order valence-electron chi connectivity index (χ2n) is 6.46. The number of hydrogen-bond donors (Lipinski definition) is 0. The van der Waals surface area contributed by atoms with E-state index >= 15 is 0 Å². The van der Waals surface area contributed by atoms with Crippen molar-refractivity contribution in [2.24, 2.45) is 7.05 Å². The number of piperazine rings is 1. The summed E-state index contributed by atoms with van der Waals surface area (Å²) in [5.74, 6) is 0.162. The largest absolute Gasteiger partial charge is 0.368 e. The maximum atomic E-state index is 12.8. The number of hydrogen-bond acceptors (Lipinski definition) is 2. The molecule has 0 aliphatic carbocycles. The molecule has 4 heteroatoms. The van der Waals surface area contributed by atoms with Crippen LogP contribution in [0.2, 0.25) is 0 Å². The quantitative estimate of drug-likeness (QED) is 0.853. The fourth-order valence-corrected chi connectivity index (χ4v) is 3.23. The van der Waals surface area contributed by atoms with Crippen molar-refractivity contribution in [1.29, 1.82) is 0 Å². The lowest BCUT2D eigenvalue weighted by Gasteiger charge is -2.36. The molecule has 1 fully saturated rings. The fourth-order valence-electron chi connectivity index (χ4n) is 3.23. The van der Waals surface area contributed by atoms with Crippen molar-refractivity contribution in [2.45, 2.75) is 20.8 Å². The van der Waals surface area contributed by atoms with Crippen molar-refractivity contribution in [3.63, 3.8) is 0 Å². The third-order valence-corrected chi connectivity index (χ3v) is 4.94. The average molecular weight is 311 g/mol. The normalized spacial score (nSPS) is 15.1. The Balaban J connectivity index is 1.69. The van der Waals surface area contributed by atoms with Crippen molar-refractivity contribution in [2.75, 3.05) is 31.1 Å². The third kappa shape index (κ3) is 2.98. The maximum absolute atomic E-state index is 12.8. The molecule has 2 heterocycles. The van der Waals surface area contributed by atoms with Gasteiger partial charge in [-0.25, -0.2) is 0 Å². The molecule has 0 unspecified atom stereocenters. The minimum Gasteiger partial charge on any atom is -0.368 e. The lowest BCUT2D eigenvalue weighted by atomic mass is 10.1. The first kappa shape index (κ1) is 15.7. The number of rotatable bonds is 2. The van der Waals surface area contributed by atoms with Gasteiger partial charge < -0.3 is 14.4 Å². The minimum atomic E-state index is 0.162. The molecule has 23 heavy (non-hydrogen) atoms. The summed E-state index contributed by atoms with van der Waals surface area (Å²) in [4.78, 5) is 17.1. The van der Waals surface area contributed by atoms with Crippen molar-refractivity contribution in [1.82, 2.24) is 9.47 Å². The van der Waals surface area contributed by atoms with Gasteiger partial charge in [0.15, 0.2) is 0 Å². The van der Waals surface area contributed by atoms with Crippen LogP contribution in [0.25, 0.3) is 0 Å². The Bertz CT molecular complexity index is 724. The summed E-state index contributed by atoms with van der Waals surface area (Å²) in [7, 11) is 2.01. The van der Waals surface area contributed by atoms with E-state index in [2.05, 4.69) is 40.7 Å². The van der Waals surface area contributed by atoms with E-state index in [9.17, 15) is 4.79 Å². The Morgan fingerprint density at radius 3 is 2.26 bits per heavy atom. The Hall–Kier alpha value is -2.23. The van der Waals surface area contributed by atoms with Gasteiger partial charge in [0.25, 0.3) is 5.91 Å². The molecule has 0 spiro atoms. The second-order valence-corrected chi connectivity index (χ2v) is 6.46. The number of aryl methyl sites for hydroxylation is 2. The number of benzene rings is 1. The number of carbonyl (C=O) groups excluding carboxylic acids is 1. The van der Waals surface area contributed by atoms with Gasteiger partial charge in [0.05, 0.1) is 5.56 Å². The van der Waals surface area contributed by atoms with E-state index in [1.807, 2.05) is 31.9 Å². The summed E-state index contributed by atoms with van der Waals surface area (Å²) in [6.07, 6.45) is 0. The second kappa shape index (κ2) is 6.11. The predicted octanol–water partition coefficient (Wildman–Crippen LogP) is 2.91. The van der Waals surface area contributed by atoms with Gasteiger partial charge in [-0.15, -0.1) is 0 Å². The Morgan fingerprint density at radius 1 is 1.00 bits per heavy atom. The number of aromatic nitrogens is 1. The van der Waals surface area contributed by atoms with E-state index in [-0.39, 0.29) is 5.91 Å². The molecule has 4 nitrogen and oxygen atoms in total. The third-order valence-electron chi connectivity index (χ3n) is 4.94. The predicted molar refractivity (Wildman–Crippen MR) is 94.2 cm³/mol. The van der Waals surface area contributed by atoms with Gasteiger partial charge in [-0.2, -0.15) is 0 Å². The van der Waals surface area contributed by atoms with Gasteiger partial charge in [0.2, 0.25) is 0 Å². The van der Waals surface area contributed by atoms with Crippen LogP contribution in [-0.2, 0) is 7.05 Å². The molecule has 0 atom stereocenters. The lowest BCUT2D eigenvalue weighted by Crippen LogP contribution is -2.48. The number of carbonyl (C=O) groups is 1. The molecule has 1 aliphatic heterocycles. The smallest absolute Gasteiger partial charge is 0.255 e. The Labute approximate surface area is 138 Å². The molecule has 2 aromatic rings. The van der Waals surface area contributed by atoms with Crippen LogP contribution in [0.3, 0.4) is 0 Å². The van der Waals surface area contributed by atoms with Crippen molar-refractivity contribution in [3.05, 3.63) is 52.8 Å². The monoisotopic (exact) mass is 311 g/mol. The summed E-state index contributed by atoms with van der Waals surface area (Å²) in [5.41, 5.74) is 5.55. The first-order chi connectivity index (χ1) is 11.0. The van der Waals surface area contributed by atoms with E-state index in [0.717, 1.165) is 43.1 Å². The van der Waals surface area contributed by atoms with Crippen LogP contribution in [0.15, 0.2) is 30.3 Å². The molecular formula is C19H25N3O. The SMILES string of the molecule is Cc1cccc(N2CCN(C(=O)c3cc(C)n(C)c3C)CC2)c1. The molecule has 1 aliphatic rings. The molecule has 0 N–H and O–H groups in total. The highest BCUT2D eigenvalue weighted by atomic mass is 16.2. The van der Waals surface area contributed by atoms with Crippen LogP contribution in [-0.4, -0.2) is 41.6 Å². The van der Waals surface area contributed by atoms with Crippen molar-refractivity contribution < 1.29 is 4.79 Å². The summed E-state index contributed by atoms with van der Waals surface area (Å²) < 4.78 is 2.08. The van der Waals surface area contributed by atoms with E-state index in [0.29, 0.717) is 0 Å². The minimum absolute atomic E-state index is 0.162. The molecule has 1 aromatic heterocycles. The van der Waals surface area contributed by atoms with Gasteiger partial charge in [-0.05, 0) is 44.5 Å². The van der Waals surface area contributed by atoms with E-state index in [1.54, 1.807) is 0 Å². The molecule has 0 radical (unpaired) electrons. The van der Waals surface area contributed by atoms with Gasteiger partial charge in [-0.1, -0.05) is 12.1 Å². The van der Waals surface area contributed by atoms with Crippen LogP contribution in [0.4, 0.5) is 5.69 Å². The van der Waals surface area contributed by atoms with E-state index in [4.69, 9.17) is 0 Å².